The molecule has 0 radical (unpaired) electrons. The quantitative estimate of drug-likeness (QED) is 0.886. The minimum absolute atomic E-state index is 0. The van der Waals surface area contributed by atoms with E-state index in [1.807, 2.05) is 0 Å². The largest absolute Gasteiger partial charge is 0.496 e. The second-order valence-electron chi connectivity index (χ2n) is 6.89. The molecule has 1 aliphatic heterocycles. The van der Waals surface area contributed by atoms with Crippen LogP contribution in [-0.2, 0) is 6.54 Å². The van der Waals surface area contributed by atoms with Gasteiger partial charge in [0.15, 0.2) is 0 Å². The Morgan fingerprint density at radius 1 is 1.04 bits per heavy atom. The fourth-order valence-corrected chi connectivity index (χ4v) is 3.84. The van der Waals surface area contributed by atoms with Crippen molar-refractivity contribution in [3.63, 3.8) is 0 Å². The monoisotopic (exact) mass is 346 g/mol. The van der Waals surface area contributed by atoms with Gasteiger partial charge in [-0.15, -0.1) is 12.4 Å². The van der Waals surface area contributed by atoms with Crippen molar-refractivity contribution in [2.24, 2.45) is 0 Å². The molecule has 2 aromatic rings. The van der Waals surface area contributed by atoms with E-state index >= 15 is 0 Å². The number of hydrogen-bond acceptors (Lipinski definition) is 3. The third-order valence-corrected chi connectivity index (χ3v) is 5.38. The molecule has 4 heteroatoms. The molecule has 1 heterocycles. The van der Waals surface area contributed by atoms with Crippen LogP contribution < -0.4 is 10.1 Å². The van der Waals surface area contributed by atoms with Gasteiger partial charge in [-0.1, -0.05) is 30.3 Å². The highest BCUT2D eigenvalue weighted by Crippen LogP contribution is 2.30. The Balaban J connectivity index is 0.00000169. The van der Waals surface area contributed by atoms with E-state index in [9.17, 15) is 0 Å². The average Bonchev–Trinajstić information content (AvgIpc) is 3.45. The molecule has 2 aliphatic rings. The van der Waals surface area contributed by atoms with Crippen LogP contribution in [0.25, 0.3) is 10.8 Å². The number of rotatable bonds is 5. The SMILES string of the molecule is COc1ccc2ccccc2c1CNC1CCN(C2CC2)CC1.Cl. The normalized spacial score (nSPS) is 19.2. The van der Waals surface area contributed by atoms with Crippen molar-refractivity contribution < 1.29 is 4.74 Å². The van der Waals surface area contributed by atoms with Gasteiger partial charge in [-0.05, 0) is 55.6 Å². The summed E-state index contributed by atoms with van der Waals surface area (Å²) in [5, 5.41) is 6.36. The van der Waals surface area contributed by atoms with Gasteiger partial charge in [0, 0.05) is 24.2 Å². The molecule has 1 aliphatic carbocycles. The standard InChI is InChI=1S/C20H26N2O.ClH/c1-23-20-9-6-15-4-2-3-5-18(15)19(20)14-21-16-10-12-22(13-11-16)17-7-8-17;/h2-6,9,16-17,21H,7-8,10-14H2,1H3;1H. The van der Waals surface area contributed by atoms with E-state index in [-0.39, 0.29) is 12.4 Å². The zero-order chi connectivity index (χ0) is 15.6. The highest BCUT2D eigenvalue weighted by atomic mass is 35.5. The van der Waals surface area contributed by atoms with Crippen molar-refractivity contribution in [3.05, 3.63) is 42.0 Å². The van der Waals surface area contributed by atoms with Crippen molar-refractivity contribution in [2.75, 3.05) is 20.2 Å². The molecular formula is C20H27ClN2O. The van der Waals surface area contributed by atoms with Gasteiger partial charge in [-0.25, -0.2) is 0 Å². The summed E-state index contributed by atoms with van der Waals surface area (Å²) < 4.78 is 5.60. The van der Waals surface area contributed by atoms with Crippen LogP contribution in [0.4, 0.5) is 0 Å². The number of fused-ring (bicyclic) bond motifs is 1. The molecule has 1 N–H and O–H groups in total. The first kappa shape index (κ1) is 17.5. The summed E-state index contributed by atoms with van der Waals surface area (Å²) in [6.07, 6.45) is 5.38. The summed E-state index contributed by atoms with van der Waals surface area (Å²) in [5.74, 6) is 0.992. The summed E-state index contributed by atoms with van der Waals surface area (Å²) in [4.78, 5) is 2.68. The fourth-order valence-electron chi connectivity index (χ4n) is 3.84. The lowest BCUT2D eigenvalue weighted by molar-refractivity contribution is 0.189. The summed E-state index contributed by atoms with van der Waals surface area (Å²) in [6, 6.07) is 14.4. The number of halogens is 1. The molecule has 1 saturated heterocycles. The predicted molar refractivity (Wildman–Crippen MR) is 102 cm³/mol. The van der Waals surface area contributed by atoms with Gasteiger partial charge in [0.2, 0.25) is 0 Å². The van der Waals surface area contributed by atoms with E-state index in [0.29, 0.717) is 6.04 Å². The molecule has 0 amide bonds. The Bertz CT molecular complexity index is 678. The van der Waals surface area contributed by atoms with E-state index < -0.39 is 0 Å². The fraction of sp³-hybridized carbons (Fsp3) is 0.500. The topological polar surface area (TPSA) is 24.5 Å². The van der Waals surface area contributed by atoms with E-state index in [1.165, 1.54) is 55.1 Å². The zero-order valence-corrected chi connectivity index (χ0v) is 15.1. The van der Waals surface area contributed by atoms with Crippen LogP contribution in [0.5, 0.6) is 5.75 Å². The number of ether oxygens (including phenoxy) is 1. The molecule has 1 saturated carbocycles. The Kier molecular flexibility index (Phi) is 5.65. The first-order chi connectivity index (χ1) is 11.3. The second-order valence-corrected chi connectivity index (χ2v) is 6.89. The minimum Gasteiger partial charge on any atom is -0.496 e. The highest BCUT2D eigenvalue weighted by Gasteiger charge is 2.31. The summed E-state index contributed by atoms with van der Waals surface area (Å²) >= 11 is 0. The third kappa shape index (κ3) is 3.69. The highest BCUT2D eigenvalue weighted by molar-refractivity contribution is 5.87. The van der Waals surface area contributed by atoms with Crippen molar-refractivity contribution in [1.82, 2.24) is 10.2 Å². The van der Waals surface area contributed by atoms with Crippen molar-refractivity contribution >= 4 is 23.2 Å². The van der Waals surface area contributed by atoms with Crippen molar-refractivity contribution in [2.45, 2.75) is 44.3 Å². The number of nitrogens with one attached hydrogen (secondary N) is 1. The summed E-state index contributed by atoms with van der Waals surface area (Å²) in [6.45, 7) is 3.41. The molecule has 130 valence electrons. The lowest BCUT2D eigenvalue weighted by Crippen LogP contribution is -2.43. The van der Waals surface area contributed by atoms with Gasteiger partial charge in [-0.3, -0.25) is 0 Å². The predicted octanol–water partition coefficient (Wildman–Crippen LogP) is 3.99. The van der Waals surface area contributed by atoms with Crippen LogP contribution in [0.15, 0.2) is 36.4 Å². The van der Waals surface area contributed by atoms with Crippen LogP contribution in [-0.4, -0.2) is 37.2 Å². The van der Waals surface area contributed by atoms with Crippen LogP contribution in [0.1, 0.15) is 31.2 Å². The van der Waals surface area contributed by atoms with E-state index in [1.54, 1.807) is 7.11 Å². The van der Waals surface area contributed by atoms with Gasteiger partial charge in [-0.2, -0.15) is 0 Å². The summed E-state index contributed by atoms with van der Waals surface area (Å²) in [5.41, 5.74) is 1.29. The molecular weight excluding hydrogens is 320 g/mol. The number of benzene rings is 2. The van der Waals surface area contributed by atoms with Gasteiger partial charge < -0.3 is 15.0 Å². The van der Waals surface area contributed by atoms with Crippen LogP contribution in [0.3, 0.4) is 0 Å². The molecule has 0 atom stereocenters. The molecule has 0 spiro atoms. The van der Waals surface area contributed by atoms with Crippen molar-refractivity contribution in [1.29, 1.82) is 0 Å². The van der Waals surface area contributed by atoms with Crippen molar-refractivity contribution in [3.8, 4) is 5.75 Å². The number of likely N-dealkylation sites (tertiary alicyclic amines) is 1. The van der Waals surface area contributed by atoms with Gasteiger partial charge in [0.1, 0.15) is 5.75 Å². The van der Waals surface area contributed by atoms with Crippen LogP contribution >= 0.6 is 12.4 Å². The molecule has 0 unspecified atom stereocenters. The lowest BCUT2D eigenvalue weighted by atomic mass is 10.0. The Hall–Kier alpha value is -1.29. The zero-order valence-electron chi connectivity index (χ0n) is 14.3. The van der Waals surface area contributed by atoms with E-state index in [2.05, 4.69) is 46.6 Å². The maximum absolute atomic E-state index is 5.60. The molecule has 0 bridgehead atoms. The first-order valence-electron chi connectivity index (χ1n) is 8.87. The smallest absolute Gasteiger partial charge is 0.123 e. The van der Waals surface area contributed by atoms with E-state index in [4.69, 9.17) is 4.74 Å². The average molecular weight is 347 g/mol. The molecule has 24 heavy (non-hydrogen) atoms. The third-order valence-electron chi connectivity index (χ3n) is 5.38. The van der Waals surface area contributed by atoms with Gasteiger partial charge >= 0.3 is 0 Å². The van der Waals surface area contributed by atoms with Gasteiger partial charge in [0.05, 0.1) is 7.11 Å². The minimum atomic E-state index is 0. The Morgan fingerprint density at radius 2 is 1.79 bits per heavy atom. The number of piperidine rings is 1. The molecule has 2 fully saturated rings. The maximum Gasteiger partial charge on any atom is 0.123 e. The number of nitrogens with zero attached hydrogens (tertiary/aromatic N) is 1. The van der Waals surface area contributed by atoms with Crippen LogP contribution in [0, 0.1) is 0 Å². The van der Waals surface area contributed by atoms with Gasteiger partial charge in [0.25, 0.3) is 0 Å². The molecule has 2 aromatic carbocycles. The Morgan fingerprint density at radius 3 is 2.50 bits per heavy atom. The van der Waals surface area contributed by atoms with E-state index in [0.717, 1.165) is 18.3 Å². The van der Waals surface area contributed by atoms with Crippen LogP contribution in [0.2, 0.25) is 0 Å². The number of methoxy groups -OCH3 is 1. The Labute approximate surface area is 150 Å². The molecule has 4 rings (SSSR count). The second kappa shape index (κ2) is 7.73. The number of hydrogen-bond donors (Lipinski definition) is 1. The molecule has 3 nitrogen and oxygen atoms in total. The lowest BCUT2D eigenvalue weighted by Gasteiger charge is -2.32. The first-order valence-corrected chi connectivity index (χ1v) is 8.87. The summed E-state index contributed by atoms with van der Waals surface area (Å²) in [7, 11) is 1.77. The maximum atomic E-state index is 5.60. The molecule has 0 aromatic heterocycles.